The van der Waals surface area contributed by atoms with Gasteiger partial charge in [0.15, 0.2) is 0 Å². The summed E-state index contributed by atoms with van der Waals surface area (Å²) < 4.78 is 26.7. The van der Waals surface area contributed by atoms with E-state index in [1.54, 1.807) is 6.92 Å². The second-order valence-corrected chi connectivity index (χ2v) is 5.93. The molecule has 1 aliphatic heterocycles. The van der Waals surface area contributed by atoms with Crippen LogP contribution in [0, 0.1) is 11.6 Å². The molecule has 1 amide bonds. The van der Waals surface area contributed by atoms with E-state index in [0.717, 1.165) is 48.5 Å². The molecule has 0 radical (unpaired) electrons. The van der Waals surface area contributed by atoms with Crippen molar-refractivity contribution < 1.29 is 13.6 Å². The van der Waals surface area contributed by atoms with Crippen molar-refractivity contribution in [2.45, 2.75) is 25.8 Å². The zero-order chi connectivity index (χ0) is 17.3. The highest BCUT2D eigenvalue weighted by atomic mass is 35.5. The van der Waals surface area contributed by atoms with Crippen molar-refractivity contribution in [3.05, 3.63) is 53.6 Å². The second-order valence-electron chi connectivity index (χ2n) is 5.93. The summed E-state index contributed by atoms with van der Waals surface area (Å²) in [6.45, 7) is 2.48. The summed E-state index contributed by atoms with van der Waals surface area (Å²) in [5.41, 5.74) is 8.68. The van der Waals surface area contributed by atoms with E-state index in [1.165, 1.54) is 6.07 Å². The fourth-order valence-electron chi connectivity index (χ4n) is 3.05. The van der Waals surface area contributed by atoms with Crippen LogP contribution in [0.15, 0.2) is 36.4 Å². The van der Waals surface area contributed by atoms with Crippen LogP contribution in [0.2, 0.25) is 0 Å². The summed E-state index contributed by atoms with van der Waals surface area (Å²) in [4.78, 5) is 14.5. The van der Waals surface area contributed by atoms with Crippen LogP contribution >= 0.6 is 12.4 Å². The number of anilines is 3. The standard InChI is InChI=1S/C18H19F2N3O.ClH/c1-11(18(24)22-16-8-7-12(19)10-14(16)20)23-9-3-4-13-15(21)5-2-6-17(13)23;/h2,5-8,10-11H,3-4,9,21H2,1H3,(H,22,24);1H. The van der Waals surface area contributed by atoms with Gasteiger partial charge in [-0.1, -0.05) is 6.07 Å². The zero-order valence-electron chi connectivity index (χ0n) is 13.8. The number of nitrogens with one attached hydrogen (secondary N) is 1. The van der Waals surface area contributed by atoms with Crippen molar-refractivity contribution in [2.24, 2.45) is 0 Å². The minimum Gasteiger partial charge on any atom is -0.398 e. The van der Waals surface area contributed by atoms with Crippen molar-refractivity contribution in [1.29, 1.82) is 0 Å². The van der Waals surface area contributed by atoms with E-state index < -0.39 is 17.7 Å². The van der Waals surface area contributed by atoms with E-state index >= 15 is 0 Å². The Hall–Kier alpha value is -2.34. The van der Waals surface area contributed by atoms with Gasteiger partial charge in [-0.2, -0.15) is 0 Å². The maximum atomic E-state index is 13.7. The molecule has 1 heterocycles. The third-order valence-electron chi connectivity index (χ3n) is 4.36. The Bertz CT molecular complexity index is 785. The molecule has 0 bridgehead atoms. The molecule has 2 aromatic carbocycles. The summed E-state index contributed by atoms with van der Waals surface area (Å²) in [5, 5.41) is 2.53. The minimum atomic E-state index is -0.793. The van der Waals surface area contributed by atoms with E-state index in [4.69, 9.17) is 5.73 Å². The number of hydrogen-bond donors (Lipinski definition) is 2. The number of carbonyl (C=O) groups is 1. The average molecular weight is 368 g/mol. The summed E-state index contributed by atoms with van der Waals surface area (Å²) in [7, 11) is 0. The van der Waals surface area contributed by atoms with Gasteiger partial charge in [-0.3, -0.25) is 4.79 Å². The van der Waals surface area contributed by atoms with E-state index in [-0.39, 0.29) is 24.0 Å². The number of benzene rings is 2. The molecule has 3 rings (SSSR count). The first-order valence-electron chi connectivity index (χ1n) is 7.87. The smallest absolute Gasteiger partial charge is 0.246 e. The highest BCUT2D eigenvalue weighted by molar-refractivity contribution is 5.97. The Balaban J connectivity index is 0.00000225. The van der Waals surface area contributed by atoms with E-state index in [1.807, 2.05) is 23.1 Å². The Morgan fingerprint density at radius 3 is 2.76 bits per heavy atom. The zero-order valence-corrected chi connectivity index (χ0v) is 14.6. The van der Waals surface area contributed by atoms with Gasteiger partial charge in [-0.15, -0.1) is 12.4 Å². The van der Waals surface area contributed by atoms with Gasteiger partial charge in [0.25, 0.3) is 0 Å². The highest BCUT2D eigenvalue weighted by Gasteiger charge is 2.27. The molecule has 0 saturated carbocycles. The number of nitrogen functional groups attached to an aromatic ring is 1. The SMILES string of the molecule is CC(C(=O)Nc1ccc(F)cc1F)N1CCCc2c(N)cccc21.Cl. The lowest BCUT2D eigenvalue weighted by atomic mass is 9.98. The molecular weight excluding hydrogens is 348 g/mol. The predicted molar refractivity (Wildman–Crippen MR) is 98.2 cm³/mol. The number of nitrogens with two attached hydrogens (primary N) is 1. The molecule has 25 heavy (non-hydrogen) atoms. The Kier molecular flexibility index (Phi) is 5.85. The fourth-order valence-corrected chi connectivity index (χ4v) is 3.05. The number of halogens is 3. The summed E-state index contributed by atoms with van der Waals surface area (Å²) in [5.74, 6) is -1.83. The van der Waals surface area contributed by atoms with Gasteiger partial charge < -0.3 is 16.0 Å². The van der Waals surface area contributed by atoms with Crippen molar-refractivity contribution in [1.82, 2.24) is 0 Å². The maximum absolute atomic E-state index is 13.7. The molecule has 0 spiro atoms. The average Bonchev–Trinajstić information content (AvgIpc) is 2.56. The normalized spacial score (nSPS) is 14.3. The monoisotopic (exact) mass is 367 g/mol. The van der Waals surface area contributed by atoms with Crippen molar-refractivity contribution in [3.8, 4) is 0 Å². The largest absolute Gasteiger partial charge is 0.398 e. The van der Waals surface area contributed by atoms with Crippen molar-refractivity contribution >= 4 is 35.4 Å². The molecule has 0 aliphatic carbocycles. The van der Waals surface area contributed by atoms with Crippen molar-refractivity contribution in [2.75, 3.05) is 22.5 Å². The van der Waals surface area contributed by atoms with Crippen LogP contribution in [0.3, 0.4) is 0 Å². The van der Waals surface area contributed by atoms with Gasteiger partial charge in [0.2, 0.25) is 5.91 Å². The molecule has 1 unspecified atom stereocenters. The van der Waals surface area contributed by atoms with Crippen LogP contribution in [-0.2, 0) is 11.2 Å². The first-order chi connectivity index (χ1) is 11.5. The maximum Gasteiger partial charge on any atom is 0.246 e. The van der Waals surface area contributed by atoms with Gasteiger partial charge in [-0.25, -0.2) is 8.78 Å². The molecule has 7 heteroatoms. The third-order valence-corrected chi connectivity index (χ3v) is 4.36. The van der Waals surface area contributed by atoms with Gasteiger partial charge in [-0.05, 0) is 49.6 Å². The summed E-state index contributed by atoms with van der Waals surface area (Å²) in [6, 6.07) is 8.22. The second kappa shape index (κ2) is 7.70. The first-order valence-corrected chi connectivity index (χ1v) is 7.87. The van der Waals surface area contributed by atoms with Crippen LogP contribution in [0.5, 0.6) is 0 Å². The van der Waals surface area contributed by atoms with Crippen LogP contribution in [0.25, 0.3) is 0 Å². The quantitative estimate of drug-likeness (QED) is 0.812. The van der Waals surface area contributed by atoms with E-state index in [9.17, 15) is 13.6 Å². The molecule has 0 fully saturated rings. The van der Waals surface area contributed by atoms with Crippen molar-refractivity contribution in [3.63, 3.8) is 0 Å². The molecule has 1 atom stereocenters. The molecule has 2 aromatic rings. The molecule has 0 aromatic heterocycles. The number of fused-ring (bicyclic) bond motifs is 1. The molecule has 0 saturated heterocycles. The Morgan fingerprint density at radius 1 is 1.28 bits per heavy atom. The van der Waals surface area contributed by atoms with Gasteiger partial charge in [0.05, 0.1) is 5.69 Å². The molecule has 3 N–H and O–H groups in total. The van der Waals surface area contributed by atoms with Crippen LogP contribution in [0.1, 0.15) is 18.9 Å². The van der Waals surface area contributed by atoms with Gasteiger partial charge in [0, 0.05) is 24.0 Å². The van der Waals surface area contributed by atoms with Crippen LogP contribution < -0.4 is 16.0 Å². The highest BCUT2D eigenvalue weighted by Crippen LogP contribution is 2.32. The summed E-state index contributed by atoms with van der Waals surface area (Å²) in [6.07, 6.45) is 1.77. The first kappa shape index (κ1) is 19.0. The minimum absolute atomic E-state index is 0. The van der Waals surface area contributed by atoms with E-state index in [0.29, 0.717) is 0 Å². The number of amides is 1. The predicted octanol–water partition coefficient (Wildman–Crippen LogP) is 3.75. The number of rotatable bonds is 3. The number of hydrogen-bond acceptors (Lipinski definition) is 3. The lowest BCUT2D eigenvalue weighted by molar-refractivity contribution is -0.117. The van der Waals surface area contributed by atoms with E-state index in [2.05, 4.69) is 5.32 Å². The lowest BCUT2D eigenvalue weighted by Gasteiger charge is -2.36. The molecule has 4 nitrogen and oxygen atoms in total. The van der Waals surface area contributed by atoms with Gasteiger partial charge >= 0.3 is 0 Å². The third kappa shape index (κ3) is 3.85. The Labute approximate surface area is 151 Å². The fraction of sp³-hybridized carbons (Fsp3) is 0.278. The summed E-state index contributed by atoms with van der Waals surface area (Å²) >= 11 is 0. The lowest BCUT2D eigenvalue weighted by Crippen LogP contribution is -2.45. The van der Waals surface area contributed by atoms with Gasteiger partial charge in [0.1, 0.15) is 17.7 Å². The van der Waals surface area contributed by atoms with Crippen LogP contribution in [0.4, 0.5) is 25.8 Å². The number of carbonyl (C=O) groups excluding carboxylic acids is 1. The Morgan fingerprint density at radius 2 is 2.04 bits per heavy atom. The van der Waals surface area contributed by atoms with Crippen LogP contribution in [-0.4, -0.2) is 18.5 Å². The molecule has 134 valence electrons. The topological polar surface area (TPSA) is 58.4 Å². The molecular formula is C18H20ClF2N3O. The number of nitrogens with zero attached hydrogens (tertiary/aromatic N) is 1. The molecule has 1 aliphatic rings.